The number of aromatic amines is 1. The van der Waals surface area contributed by atoms with E-state index in [0.29, 0.717) is 18.1 Å². The predicted molar refractivity (Wildman–Crippen MR) is 54.5 cm³/mol. The largest absolute Gasteiger partial charge is 0.343 e. The van der Waals surface area contributed by atoms with Gasteiger partial charge in [-0.05, 0) is 25.5 Å². The van der Waals surface area contributed by atoms with Crippen molar-refractivity contribution >= 4 is 11.8 Å². The Balaban J connectivity index is 2.42. The zero-order chi connectivity index (χ0) is 10.4. The summed E-state index contributed by atoms with van der Waals surface area (Å²) in [5.74, 6) is 0. The Bertz CT molecular complexity index is 323. The van der Waals surface area contributed by atoms with Crippen LogP contribution >= 0.6 is 11.8 Å². The number of nitrogens with zero attached hydrogens (tertiary/aromatic N) is 2. The van der Waals surface area contributed by atoms with Crippen LogP contribution in [0.1, 0.15) is 19.3 Å². The Labute approximate surface area is 85.9 Å². The van der Waals surface area contributed by atoms with E-state index in [4.69, 9.17) is 0 Å². The van der Waals surface area contributed by atoms with Gasteiger partial charge in [-0.3, -0.25) is 9.37 Å². The van der Waals surface area contributed by atoms with Crippen LogP contribution in [0.5, 0.6) is 0 Å². The molecule has 1 rings (SSSR count). The van der Waals surface area contributed by atoms with E-state index in [1.807, 2.05) is 6.26 Å². The summed E-state index contributed by atoms with van der Waals surface area (Å²) in [6.45, 7) is 0.279. The molecule has 14 heavy (non-hydrogen) atoms. The van der Waals surface area contributed by atoms with Gasteiger partial charge in [0, 0.05) is 6.54 Å². The summed E-state index contributed by atoms with van der Waals surface area (Å²) in [6, 6.07) is 0. The molecule has 0 unspecified atom stereocenters. The molecule has 0 saturated carbocycles. The van der Waals surface area contributed by atoms with Gasteiger partial charge in [0.15, 0.2) is 5.16 Å². The van der Waals surface area contributed by atoms with Gasteiger partial charge < -0.3 is 0 Å². The fourth-order valence-electron chi connectivity index (χ4n) is 1.11. The fourth-order valence-corrected chi connectivity index (χ4v) is 1.48. The van der Waals surface area contributed by atoms with Gasteiger partial charge in [0.2, 0.25) is 0 Å². The maximum Gasteiger partial charge on any atom is 0.343 e. The normalized spacial score (nSPS) is 10.7. The van der Waals surface area contributed by atoms with E-state index in [1.54, 1.807) is 0 Å². The summed E-state index contributed by atoms with van der Waals surface area (Å²) < 4.78 is 13.2. The number of unbranched alkanes of at least 4 members (excludes halogenated alkanes) is 2. The van der Waals surface area contributed by atoms with Gasteiger partial charge in [0.1, 0.15) is 0 Å². The van der Waals surface area contributed by atoms with Gasteiger partial charge in [-0.1, -0.05) is 11.8 Å². The lowest BCUT2D eigenvalue weighted by Crippen LogP contribution is -2.18. The fraction of sp³-hybridized carbons (Fsp3) is 0.750. The highest BCUT2D eigenvalue weighted by atomic mass is 32.2. The molecule has 80 valence electrons. The van der Waals surface area contributed by atoms with Gasteiger partial charge >= 0.3 is 5.69 Å². The first kappa shape index (κ1) is 11.3. The average molecular weight is 219 g/mol. The first-order valence-electron chi connectivity index (χ1n) is 4.55. The van der Waals surface area contributed by atoms with Crippen LogP contribution < -0.4 is 5.69 Å². The first-order chi connectivity index (χ1) is 6.77. The monoisotopic (exact) mass is 219 g/mol. The summed E-state index contributed by atoms with van der Waals surface area (Å²) in [5.41, 5.74) is -0.186. The number of alkyl halides is 1. The van der Waals surface area contributed by atoms with Gasteiger partial charge in [-0.2, -0.15) is 0 Å². The second-order valence-electron chi connectivity index (χ2n) is 2.91. The van der Waals surface area contributed by atoms with E-state index in [2.05, 4.69) is 10.1 Å². The van der Waals surface area contributed by atoms with Crippen molar-refractivity contribution in [2.24, 2.45) is 0 Å². The molecule has 1 N–H and O–H groups in total. The molecule has 0 radical (unpaired) electrons. The molecule has 0 aromatic carbocycles. The van der Waals surface area contributed by atoms with Gasteiger partial charge in [0.25, 0.3) is 0 Å². The smallest absolute Gasteiger partial charge is 0.284 e. The van der Waals surface area contributed by atoms with Crippen LogP contribution in [-0.2, 0) is 6.54 Å². The number of hydrogen-bond acceptors (Lipinski definition) is 3. The molecule has 6 heteroatoms. The number of aromatic nitrogens is 3. The van der Waals surface area contributed by atoms with E-state index in [0.717, 1.165) is 12.8 Å². The Kier molecular flexibility index (Phi) is 4.72. The lowest BCUT2D eigenvalue weighted by Gasteiger charge is -1.97. The average Bonchev–Trinajstić information content (AvgIpc) is 2.54. The van der Waals surface area contributed by atoms with Gasteiger partial charge in [0.05, 0.1) is 6.67 Å². The second-order valence-corrected chi connectivity index (χ2v) is 3.71. The van der Waals surface area contributed by atoms with Gasteiger partial charge in [-0.15, -0.1) is 5.10 Å². The van der Waals surface area contributed by atoms with E-state index in [1.165, 1.54) is 16.4 Å². The third kappa shape index (κ3) is 3.17. The van der Waals surface area contributed by atoms with Crippen LogP contribution in [0.4, 0.5) is 4.39 Å². The van der Waals surface area contributed by atoms with Crippen molar-refractivity contribution in [1.29, 1.82) is 0 Å². The lowest BCUT2D eigenvalue weighted by atomic mass is 10.2. The molecular weight excluding hydrogens is 205 g/mol. The molecule has 0 amide bonds. The zero-order valence-corrected chi connectivity index (χ0v) is 8.94. The second kappa shape index (κ2) is 5.85. The Morgan fingerprint density at radius 1 is 1.50 bits per heavy atom. The third-order valence-electron chi connectivity index (χ3n) is 1.86. The minimum Gasteiger partial charge on any atom is -0.284 e. The summed E-state index contributed by atoms with van der Waals surface area (Å²) in [7, 11) is 0. The highest BCUT2D eigenvalue weighted by Gasteiger charge is 2.02. The van der Waals surface area contributed by atoms with Crippen molar-refractivity contribution in [3.8, 4) is 0 Å². The molecule has 0 atom stereocenters. The van der Waals surface area contributed by atoms with Crippen LogP contribution in [-0.4, -0.2) is 27.7 Å². The van der Waals surface area contributed by atoms with E-state index in [-0.39, 0.29) is 12.4 Å². The number of H-pyrrole nitrogens is 1. The van der Waals surface area contributed by atoms with Crippen molar-refractivity contribution in [2.45, 2.75) is 31.0 Å². The Hall–Kier alpha value is -0.780. The SMILES string of the molecule is CSc1nn(CCCCCF)c(=O)[nH]1. The van der Waals surface area contributed by atoms with E-state index >= 15 is 0 Å². The van der Waals surface area contributed by atoms with Crippen LogP contribution in [0.25, 0.3) is 0 Å². The minimum absolute atomic E-state index is 0.186. The number of nitrogens with one attached hydrogen (secondary N) is 1. The molecule has 0 aliphatic carbocycles. The van der Waals surface area contributed by atoms with Crippen molar-refractivity contribution in [3.63, 3.8) is 0 Å². The molecule has 1 aromatic heterocycles. The highest BCUT2D eigenvalue weighted by molar-refractivity contribution is 7.98. The molecule has 0 aliphatic rings. The van der Waals surface area contributed by atoms with E-state index < -0.39 is 0 Å². The summed E-state index contributed by atoms with van der Waals surface area (Å²) >= 11 is 1.40. The first-order valence-corrected chi connectivity index (χ1v) is 5.77. The molecule has 0 aliphatic heterocycles. The number of aryl methyl sites for hydroxylation is 1. The number of hydrogen-bond donors (Lipinski definition) is 1. The van der Waals surface area contributed by atoms with Gasteiger partial charge in [-0.25, -0.2) is 9.48 Å². The quantitative estimate of drug-likeness (QED) is 0.581. The number of halogens is 1. The number of thioether (sulfide) groups is 1. The minimum atomic E-state index is -0.286. The van der Waals surface area contributed by atoms with E-state index in [9.17, 15) is 9.18 Å². The van der Waals surface area contributed by atoms with Crippen LogP contribution in [0.3, 0.4) is 0 Å². The summed E-state index contributed by atoms with van der Waals surface area (Å²) in [4.78, 5) is 13.8. The molecule has 1 heterocycles. The van der Waals surface area contributed by atoms with Crippen molar-refractivity contribution in [3.05, 3.63) is 10.5 Å². The molecule has 0 saturated heterocycles. The molecule has 1 aromatic rings. The highest BCUT2D eigenvalue weighted by Crippen LogP contribution is 2.04. The maximum atomic E-state index is 11.8. The summed E-state index contributed by atoms with van der Waals surface area (Å²) in [6.07, 6.45) is 4.01. The summed E-state index contributed by atoms with van der Waals surface area (Å²) in [5, 5.41) is 4.67. The third-order valence-corrected chi connectivity index (χ3v) is 2.43. The van der Waals surface area contributed by atoms with Crippen LogP contribution in [0, 0.1) is 0 Å². The predicted octanol–water partition coefficient (Wildman–Crippen LogP) is 1.43. The molecule has 0 bridgehead atoms. The van der Waals surface area contributed by atoms with Crippen molar-refractivity contribution in [2.75, 3.05) is 12.9 Å². The Morgan fingerprint density at radius 3 is 2.86 bits per heavy atom. The maximum absolute atomic E-state index is 11.8. The molecule has 0 fully saturated rings. The zero-order valence-electron chi connectivity index (χ0n) is 8.12. The standard InChI is InChI=1S/C8H14FN3OS/c1-14-7-10-8(13)12(11-7)6-4-2-3-5-9/h2-6H2,1H3,(H,10,11,13). The molecular formula is C8H14FN3OS. The number of rotatable bonds is 6. The molecule has 0 spiro atoms. The van der Waals surface area contributed by atoms with Crippen LogP contribution in [0.2, 0.25) is 0 Å². The molecule has 4 nitrogen and oxygen atoms in total. The topological polar surface area (TPSA) is 50.7 Å². The van der Waals surface area contributed by atoms with Crippen LogP contribution in [0.15, 0.2) is 9.95 Å². The van der Waals surface area contributed by atoms with Crippen molar-refractivity contribution in [1.82, 2.24) is 14.8 Å². The van der Waals surface area contributed by atoms with Crippen molar-refractivity contribution < 1.29 is 4.39 Å². The lowest BCUT2D eigenvalue weighted by molar-refractivity contribution is 0.440. The Morgan fingerprint density at radius 2 is 2.29 bits per heavy atom.